The maximum Gasteiger partial charge on any atom is 0.160 e. The van der Waals surface area contributed by atoms with Gasteiger partial charge in [-0.25, -0.2) is 9.97 Å². The predicted molar refractivity (Wildman–Crippen MR) is 209 cm³/mol. The topological polar surface area (TPSA) is 38.9 Å². The van der Waals surface area contributed by atoms with E-state index < -0.39 is 0 Å². The Morgan fingerprint density at radius 1 is 0.380 bits per heavy atom. The van der Waals surface area contributed by atoms with Crippen LogP contribution in [0.3, 0.4) is 0 Å². The summed E-state index contributed by atoms with van der Waals surface area (Å²) in [5.41, 5.74) is 10.1. The fourth-order valence-corrected chi connectivity index (χ4v) is 7.95. The van der Waals surface area contributed by atoms with Crippen LogP contribution < -0.4 is 0 Å². The highest BCUT2D eigenvalue weighted by Gasteiger charge is 2.15. The van der Waals surface area contributed by atoms with Crippen LogP contribution >= 0.6 is 11.3 Å². The van der Waals surface area contributed by atoms with Crippen LogP contribution in [0, 0.1) is 0 Å². The number of thiophene rings is 1. The first-order valence-corrected chi connectivity index (χ1v) is 17.5. The Morgan fingerprint density at radius 3 is 1.86 bits per heavy atom. The van der Waals surface area contributed by atoms with Crippen molar-refractivity contribution < 1.29 is 4.42 Å². The average molecular weight is 657 g/mol. The number of fused-ring (bicyclic) bond motifs is 5. The Hall–Kier alpha value is -6.36. The van der Waals surface area contributed by atoms with Gasteiger partial charge < -0.3 is 4.42 Å². The van der Waals surface area contributed by atoms with Gasteiger partial charge in [-0.05, 0) is 81.4 Å². The van der Waals surface area contributed by atoms with Crippen molar-refractivity contribution in [2.24, 2.45) is 0 Å². The van der Waals surface area contributed by atoms with E-state index in [4.69, 9.17) is 14.4 Å². The molecule has 4 heteroatoms. The van der Waals surface area contributed by atoms with Crippen LogP contribution in [0.1, 0.15) is 0 Å². The first kappa shape index (κ1) is 28.6. The molecule has 7 aromatic carbocycles. The van der Waals surface area contributed by atoms with Crippen molar-refractivity contribution in [1.82, 2.24) is 9.97 Å². The van der Waals surface area contributed by atoms with Crippen LogP contribution in [0.5, 0.6) is 0 Å². The molecule has 10 rings (SSSR count). The summed E-state index contributed by atoms with van der Waals surface area (Å²) in [4.78, 5) is 11.6. The molecule has 0 atom stereocenters. The van der Waals surface area contributed by atoms with E-state index in [-0.39, 0.29) is 0 Å². The third-order valence-electron chi connectivity index (χ3n) is 9.50. The van der Waals surface area contributed by atoms with Crippen molar-refractivity contribution >= 4 is 54.1 Å². The molecule has 0 aliphatic rings. The van der Waals surface area contributed by atoms with Crippen LogP contribution in [0.25, 0.3) is 98.3 Å². The van der Waals surface area contributed by atoms with Crippen molar-refractivity contribution in [2.45, 2.75) is 0 Å². The van der Waals surface area contributed by atoms with Gasteiger partial charge in [0.2, 0.25) is 0 Å². The number of rotatable bonds is 5. The summed E-state index contributed by atoms with van der Waals surface area (Å²) in [7, 11) is 0. The summed E-state index contributed by atoms with van der Waals surface area (Å²) in [6, 6.07) is 59.8. The van der Waals surface area contributed by atoms with Crippen LogP contribution in [0.15, 0.2) is 174 Å². The van der Waals surface area contributed by atoms with E-state index in [0.717, 1.165) is 50.0 Å². The lowest BCUT2D eigenvalue weighted by atomic mass is 9.98. The second kappa shape index (κ2) is 11.7. The fourth-order valence-electron chi connectivity index (χ4n) is 6.88. The molecule has 0 aliphatic heterocycles. The molecule has 0 saturated heterocycles. The van der Waals surface area contributed by atoms with Crippen molar-refractivity contribution in [2.75, 3.05) is 0 Å². The normalized spacial score (nSPS) is 11.6. The lowest BCUT2D eigenvalue weighted by molar-refractivity contribution is 0.669. The molecule has 0 radical (unpaired) electrons. The van der Waals surface area contributed by atoms with Crippen LogP contribution in [-0.2, 0) is 0 Å². The van der Waals surface area contributed by atoms with Crippen LogP contribution in [-0.4, -0.2) is 9.97 Å². The zero-order chi connectivity index (χ0) is 33.0. The highest BCUT2D eigenvalue weighted by molar-refractivity contribution is 7.22. The summed E-state index contributed by atoms with van der Waals surface area (Å²) in [6.45, 7) is 0. The van der Waals surface area contributed by atoms with Crippen molar-refractivity contribution in [3.05, 3.63) is 170 Å². The van der Waals surface area contributed by atoms with Gasteiger partial charge in [0.05, 0.1) is 11.4 Å². The SMILES string of the molecule is c1ccc(-c2ccc3cc(-c4cc(-c5ccc(-c6cc7ccccc7s6)cc5)nc(-c5ccc6c(c5)oc5ccccc56)n4)ccc3c2)cc1. The molecule has 0 amide bonds. The Balaban J connectivity index is 1.09. The quantitative estimate of drug-likeness (QED) is 0.185. The minimum atomic E-state index is 0.660. The number of benzene rings is 7. The monoisotopic (exact) mass is 656 g/mol. The largest absolute Gasteiger partial charge is 0.456 e. The summed E-state index contributed by atoms with van der Waals surface area (Å²) in [5, 5.41) is 5.82. The molecule has 0 aliphatic carbocycles. The lowest BCUT2D eigenvalue weighted by Gasteiger charge is -2.11. The number of hydrogen-bond acceptors (Lipinski definition) is 4. The van der Waals surface area contributed by atoms with Crippen molar-refractivity contribution in [3.63, 3.8) is 0 Å². The lowest BCUT2D eigenvalue weighted by Crippen LogP contribution is -1.96. The van der Waals surface area contributed by atoms with Gasteiger partial charge in [-0.1, -0.05) is 121 Å². The molecule has 3 aromatic heterocycles. The zero-order valence-electron chi connectivity index (χ0n) is 26.9. The maximum atomic E-state index is 6.26. The maximum absolute atomic E-state index is 6.26. The van der Waals surface area contributed by atoms with Gasteiger partial charge in [0, 0.05) is 37.0 Å². The van der Waals surface area contributed by atoms with Crippen LogP contribution in [0.2, 0.25) is 0 Å². The van der Waals surface area contributed by atoms with Gasteiger partial charge in [0.25, 0.3) is 0 Å². The molecule has 234 valence electrons. The number of furan rings is 1. The van der Waals surface area contributed by atoms with E-state index >= 15 is 0 Å². The van der Waals surface area contributed by atoms with Gasteiger partial charge in [-0.3, -0.25) is 0 Å². The molecule has 0 fully saturated rings. The highest BCUT2D eigenvalue weighted by Crippen LogP contribution is 2.37. The molecular formula is C46H28N2OS. The molecular weight excluding hydrogens is 629 g/mol. The summed E-state index contributed by atoms with van der Waals surface area (Å²) >= 11 is 1.82. The third-order valence-corrected chi connectivity index (χ3v) is 10.7. The fraction of sp³-hybridized carbons (Fsp3) is 0. The van der Waals surface area contributed by atoms with Gasteiger partial charge >= 0.3 is 0 Å². The first-order chi connectivity index (χ1) is 24.7. The summed E-state index contributed by atoms with van der Waals surface area (Å²) in [5.74, 6) is 0.660. The first-order valence-electron chi connectivity index (χ1n) is 16.7. The standard InChI is InChI=1S/C46H28N2OS/c1-2-8-29(9-3-1)32-18-19-34-25-35(21-20-33(34)24-32)41-28-40(30-14-16-31(17-15-30)45-27-36-10-4-7-13-44(36)50-45)47-46(48-41)37-22-23-39-38-11-5-6-12-42(38)49-43(39)26-37/h1-28H. The molecule has 0 saturated carbocycles. The molecule has 0 bridgehead atoms. The Morgan fingerprint density at radius 2 is 1.02 bits per heavy atom. The van der Waals surface area contributed by atoms with Crippen molar-refractivity contribution in [3.8, 4) is 55.5 Å². The minimum Gasteiger partial charge on any atom is -0.456 e. The van der Waals surface area contributed by atoms with Gasteiger partial charge in [0.1, 0.15) is 11.2 Å². The van der Waals surface area contributed by atoms with E-state index in [0.29, 0.717) is 5.82 Å². The number of para-hydroxylation sites is 1. The Bertz CT molecular complexity index is 2830. The molecule has 0 spiro atoms. The third kappa shape index (κ3) is 5.06. The molecule has 0 unspecified atom stereocenters. The second-order valence-corrected chi connectivity index (χ2v) is 13.7. The van der Waals surface area contributed by atoms with Gasteiger partial charge in [-0.15, -0.1) is 11.3 Å². The van der Waals surface area contributed by atoms with E-state index in [9.17, 15) is 0 Å². The number of hydrogen-bond donors (Lipinski definition) is 0. The number of aromatic nitrogens is 2. The van der Waals surface area contributed by atoms with E-state index in [1.54, 1.807) is 0 Å². The smallest absolute Gasteiger partial charge is 0.160 e. The molecule has 50 heavy (non-hydrogen) atoms. The zero-order valence-corrected chi connectivity index (χ0v) is 27.7. The van der Waals surface area contributed by atoms with Gasteiger partial charge in [-0.2, -0.15) is 0 Å². The van der Waals surface area contributed by atoms with Crippen LogP contribution in [0.4, 0.5) is 0 Å². The average Bonchev–Trinajstić information content (AvgIpc) is 3.79. The molecule has 0 N–H and O–H groups in total. The van der Waals surface area contributed by atoms with Gasteiger partial charge in [0.15, 0.2) is 5.82 Å². The van der Waals surface area contributed by atoms with E-state index in [2.05, 4.69) is 152 Å². The molecule has 3 heterocycles. The molecule has 3 nitrogen and oxygen atoms in total. The Labute approximate surface area is 292 Å². The van der Waals surface area contributed by atoms with E-state index in [1.165, 1.54) is 42.4 Å². The number of nitrogens with zero attached hydrogens (tertiary/aromatic N) is 2. The Kier molecular flexibility index (Phi) is 6.68. The summed E-state index contributed by atoms with van der Waals surface area (Å²) in [6.07, 6.45) is 0. The summed E-state index contributed by atoms with van der Waals surface area (Å²) < 4.78 is 7.55. The minimum absolute atomic E-state index is 0.660. The highest BCUT2D eigenvalue weighted by atomic mass is 32.1. The second-order valence-electron chi connectivity index (χ2n) is 12.6. The molecule has 10 aromatic rings. The van der Waals surface area contributed by atoms with Crippen molar-refractivity contribution in [1.29, 1.82) is 0 Å². The predicted octanol–water partition coefficient (Wildman–Crippen LogP) is 13.1. The van der Waals surface area contributed by atoms with E-state index in [1.807, 2.05) is 29.5 Å².